The Morgan fingerprint density at radius 2 is 1.68 bits per heavy atom. The van der Waals surface area contributed by atoms with Crippen molar-refractivity contribution >= 4 is 23.4 Å². The molecule has 0 aliphatic heterocycles. The first-order valence-corrected chi connectivity index (χ1v) is 7.05. The van der Waals surface area contributed by atoms with Gasteiger partial charge in [0, 0.05) is 11.1 Å². The standard InChI is InChI=1S/C17H13ClO4/c1-22-15(20)17(21)13-10-6-5-9-12(13)14(19)16(17,18)11-7-3-2-4-8-11/h2-10,21H,1H3/t16-,17-/m1/s1. The van der Waals surface area contributed by atoms with Crippen molar-refractivity contribution in [2.75, 3.05) is 7.11 Å². The maximum Gasteiger partial charge on any atom is 0.345 e. The minimum atomic E-state index is -2.28. The summed E-state index contributed by atoms with van der Waals surface area (Å²) in [6.45, 7) is 0. The van der Waals surface area contributed by atoms with Crippen LogP contribution in [0.1, 0.15) is 21.5 Å². The number of esters is 1. The first kappa shape index (κ1) is 14.8. The quantitative estimate of drug-likeness (QED) is 0.682. The fourth-order valence-electron chi connectivity index (χ4n) is 2.94. The van der Waals surface area contributed by atoms with Crippen LogP contribution in [0.3, 0.4) is 0 Å². The number of hydrogen-bond acceptors (Lipinski definition) is 4. The normalized spacial score (nSPS) is 26.6. The van der Waals surface area contributed by atoms with Crippen molar-refractivity contribution in [3.63, 3.8) is 0 Å². The van der Waals surface area contributed by atoms with Gasteiger partial charge in [-0.15, -0.1) is 11.6 Å². The molecule has 3 rings (SSSR count). The van der Waals surface area contributed by atoms with Gasteiger partial charge in [0.25, 0.3) is 0 Å². The average Bonchev–Trinajstić information content (AvgIpc) is 2.76. The average molecular weight is 317 g/mol. The van der Waals surface area contributed by atoms with Crippen LogP contribution in [0, 0.1) is 0 Å². The summed E-state index contributed by atoms with van der Waals surface area (Å²) in [4.78, 5) is 23.2. The summed E-state index contributed by atoms with van der Waals surface area (Å²) < 4.78 is 4.73. The number of Topliss-reactive ketones (excluding diaryl/α,β-unsaturated/α-hetero) is 1. The Balaban J connectivity index is 2.35. The second-order valence-electron chi connectivity index (χ2n) is 5.10. The molecule has 2 aromatic rings. The molecule has 4 nitrogen and oxygen atoms in total. The lowest BCUT2D eigenvalue weighted by atomic mass is 9.81. The molecule has 0 heterocycles. The third-order valence-corrected chi connectivity index (χ3v) is 4.69. The Morgan fingerprint density at radius 1 is 1.09 bits per heavy atom. The van der Waals surface area contributed by atoms with Gasteiger partial charge in [0.1, 0.15) is 0 Å². The predicted octanol–water partition coefficient (Wildman–Crippen LogP) is 2.38. The van der Waals surface area contributed by atoms with Crippen LogP contribution < -0.4 is 0 Å². The molecule has 0 saturated heterocycles. The van der Waals surface area contributed by atoms with Gasteiger partial charge < -0.3 is 9.84 Å². The number of alkyl halides is 1. The van der Waals surface area contributed by atoms with E-state index in [-0.39, 0.29) is 11.1 Å². The molecule has 0 radical (unpaired) electrons. The van der Waals surface area contributed by atoms with E-state index in [9.17, 15) is 14.7 Å². The van der Waals surface area contributed by atoms with Gasteiger partial charge in [-0.25, -0.2) is 4.79 Å². The first-order valence-electron chi connectivity index (χ1n) is 6.67. The van der Waals surface area contributed by atoms with E-state index in [4.69, 9.17) is 16.3 Å². The van der Waals surface area contributed by atoms with Gasteiger partial charge in [-0.1, -0.05) is 54.6 Å². The lowest BCUT2D eigenvalue weighted by Crippen LogP contribution is -2.51. The monoisotopic (exact) mass is 316 g/mol. The van der Waals surface area contributed by atoms with Gasteiger partial charge in [-0.3, -0.25) is 4.79 Å². The summed E-state index contributed by atoms with van der Waals surface area (Å²) in [6.07, 6.45) is 0. The molecule has 5 heteroatoms. The summed E-state index contributed by atoms with van der Waals surface area (Å²) >= 11 is 6.59. The van der Waals surface area contributed by atoms with E-state index in [2.05, 4.69) is 0 Å². The van der Waals surface area contributed by atoms with Gasteiger partial charge in [-0.2, -0.15) is 0 Å². The molecule has 0 spiro atoms. The topological polar surface area (TPSA) is 63.6 Å². The third-order valence-electron chi connectivity index (χ3n) is 4.03. The molecular weight excluding hydrogens is 304 g/mol. The van der Waals surface area contributed by atoms with Crippen LogP contribution in [0.2, 0.25) is 0 Å². The number of carbonyl (C=O) groups excluding carboxylic acids is 2. The summed E-state index contributed by atoms with van der Waals surface area (Å²) in [5.74, 6) is -1.49. The van der Waals surface area contributed by atoms with Crippen LogP contribution in [0.15, 0.2) is 54.6 Å². The molecule has 0 aromatic heterocycles. The number of carbonyl (C=O) groups is 2. The minimum absolute atomic E-state index is 0.158. The number of halogens is 1. The molecule has 0 amide bonds. The van der Waals surface area contributed by atoms with E-state index < -0.39 is 22.2 Å². The molecule has 22 heavy (non-hydrogen) atoms. The number of ketones is 1. The third kappa shape index (κ3) is 1.62. The fourth-order valence-corrected chi connectivity index (χ4v) is 3.34. The van der Waals surface area contributed by atoms with Crippen molar-refractivity contribution in [3.8, 4) is 0 Å². The molecule has 112 valence electrons. The van der Waals surface area contributed by atoms with E-state index in [1.807, 2.05) is 0 Å². The van der Waals surface area contributed by atoms with Gasteiger partial charge >= 0.3 is 5.97 Å². The highest BCUT2D eigenvalue weighted by atomic mass is 35.5. The SMILES string of the molecule is COC(=O)[C@]1(O)c2ccccc2C(=O)[C@]1(Cl)c1ccccc1. The van der Waals surface area contributed by atoms with Gasteiger partial charge in [-0.05, 0) is 5.56 Å². The molecule has 0 fully saturated rings. The number of ether oxygens (including phenoxy) is 1. The molecular formula is C17H13ClO4. The highest BCUT2D eigenvalue weighted by Gasteiger charge is 2.68. The molecule has 0 unspecified atom stereocenters. The van der Waals surface area contributed by atoms with E-state index in [1.165, 1.54) is 6.07 Å². The second kappa shape index (κ2) is 4.93. The van der Waals surface area contributed by atoms with E-state index in [0.29, 0.717) is 5.56 Å². The first-order chi connectivity index (χ1) is 10.5. The molecule has 1 N–H and O–H groups in total. The number of fused-ring (bicyclic) bond motifs is 1. The number of rotatable bonds is 2. The summed E-state index contributed by atoms with van der Waals surface area (Å²) in [6, 6.07) is 14.7. The lowest BCUT2D eigenvalue weighted by molar-refractivity contribution is -0.166. The molecule has 1 aliphatic carbocycles. The van der Waals surface area contributed by atoms with Crippen molar-refractivity contribution in [1.82, 2.24) is 0 Å². The van der Waals surface area contributed by atoms with E-state index in [0.717, 1.165) is 7.11 Å². The van der Waals surface area contributed by atoms with Gasteiger partial charge in [0.15, 0.2) is 10.7 Å². The summed E-state index contributed by atoms with van der Waals surface area (Å²) in [5.41, 5.74) is -1.57. The van der Waals surface area contributed by atoms with Crippen LogP contribution in [0.4, 0.5) is 0 Å². The predicted molar refractivity (Wildman–Crippen MR) is 80.7 cm³/mol. The Labute approximate surface area is 132 Å². The number of hydrogen-bond donors (Lipinski definition) is 1. The Hall–Kier alpha value is -2.17. The molecule has 0 bridgehead atoms. The van der Waals surface area contributed by atoms with Crippen molar-refractivity contribution < 1.29 is 19.4 Å². The Morgan fingerprint density at radius 3 is 2.32 bits per heavy atom. The maximum atomic E-state index is 12.9. The zero-order valence-corrected chi connectivity index (χ0v) is 12.5. The van der Waals surface area contributed by atoms with Crippen LogP contribution in [0.25, 0.3) is 0 Å². The highest BCUT2D eigenvalue weighted by molar-refractivity contribution is 6.42. The van der Waals surface area contributed by atoms with Gasteiger partial charge in [0.05, 0.1) is 7.11 Å². The largest absolute Gasteiger partial charge is 0.467 e. The number of benzene rings is 2. The maximum absolute atomic E-state index is 12.9. The fraction of sp³-hybridized carbons (Fsp3) is 0.176. The second-order valence-corrected chi connectivity index (χ2v) is 5.67. The smallest absolute Gasteiger partial charge is 0.345 e. The zero-order chi connectivity index (χ0) is 16.0. The lowest BCUT2D eigenvalue weighted by Gasteiger charge is -2.34. The van der Waals surface area contributed by atoms with Crippen molar-refractivity contribution in [2.45, 2.75) is 10.5 Å². The molecule has 1 aliphatic rings. The van der Waals surface area contributed by atoms with Crippen LogP contribution >= 0.6 is 11.6 Å². The Bertz CT molecular complexity index is 756. The summed E-state index contributed by atoms with van der Waals surface area (Å²) in [5, 5.41) is 11.1. The highest BCUT2D eigenvalue weighted by Crippen LogP contribution is 2.54. The van der Waals surface area contributed by atoms with Gasteiger partial charge in [0.2, 0.25) is 5.60 Å². The van der Waals surface area contributed by atoms with E-state index >= 15 is 0 Å². The van der Waals surface area contributed by atoms with Crippen molar-refractivity contribution in [2.24, 2.45) is 0 Å². The molecule has 2 atom stereocenters. The van der Waals surface area contributed by atoms with Crippen LogP contribution in [0.5, 0.6) is 0 Å². The summed E-state index contributed by atoms with van der Waals surface area (Å²) in [7, 11) is 1.15. The van der Waals surface area contributed by atoms with Crippen LogP contribution in [-0.2, 0) is 20.0 Å². The minimum Gasteiger partial charge on any atom is -0.467 e. The zero-order valence-electron chi connectivity index (χ0n) is 11.7. The van der Waals surface area contributed by atoms with Crippen molar-refractivity contribution in [1.29, 1.82) is 0 Å². The van der Waals surface area contributed by atoms with Crippen molar-refractivity contribution in [3.05, 3.63) is 71.3 Å². The number of aliphatic hydroxyl groups is 1. The number of methoxy groups -OCH3 is 1. The van der Waals surface area contributed by atoms with E-state index in [1.54, 1.807) is 48.5 Å². The molecule has 0 saturated carbocycles. The Kier molecular flexibility index (Phi) is 3.31. The van der Waals surface area contributed by atoms with Crippen LogP contribution in [-0.4, -0.2) is 24.0 Å². The molecule has 2 aromatic carbocycles.